The lowest BCUT2D eigenvalue weighted by Crippen LogP contribution is -2.50. The van der Waals surface area contributed by atoms with Crippen molar-refractivity contribution in [2.24, 2.45) is 5.92 Å². The largest absolute Gasteiger partial charge is 0.354 e. The highest BCUT2D eigenvalue weighted by molar-refractivity contribution is 5.68. The van der Waals surface area contributed by atoms with Crippen molar-refractivity contribution in [3.05, 3.63) is 52.6 Å². The number of amides is 1. The number of nitrogens with zero attached hydrogens (tertiary/aromatic N) is 3. The number of carbonyl (C=O) groups excluding carboxylic acids is 1. The Morgan fingerprint density at radius 1 is 1.33 bits per heavy atom. The molecular weight excluding hydrogens is 342 g/mol. The van der Waals surface area contributed by atoms with Crippen LogP contribution in [0.5, 0.6) is 0 Å². The Labute approximate surface area is 159 Å². The van der Waals surface area contributed by atoms with E-state index >= 15 is 0 Å². The first-order valence-electron chi connectivity index (χ1n) is 9.44. The molecule has 1 aromatic heterocycles. The lowest BCUT2D eigenvalue weighted by molar-refractivity contribution is -0.105. The Morgan fingerprint density at radius 2 is 2.07 bits per heavy atom. The summed E-state index contributed by atoms with van der Waals surface area (Å²) < 4.78 is 1.46. The van der Waals surface area contributed by atoms with Crippen LogP contribution in [0.4, 0.5) is 5.82 Å². The van der Waals surface area contributed by atoms with E-state index in [-0.39, 0.29) is 5.82 Å². The van der Waals surface area contributed by atoms with Crippen LogP contribution in [0.1, 0.15) is 19.4 Å². The number of hydrogen-bond donors (Lipinski definition) is 2. The van der Waals surface area contributed by atoms with E-state index < -0.39 is 5.69 Å². The van der Waals surface area contributed by atoms with Crippen molar-refractivity contribution in [2.45, 2.75) is 26.3 Å². The molecule has 1 amide bonds. The fraction of sp³-hybridized carbons (Fsp3) is 0.450. The van der Waals surface area contributed by atoms with Crippen molar-refractivity contribution in [3.63, 3.8) is 0 Å². The first-order chi connectivity index (χ1) is 13.1. The second kappa shape index (κ2) is 8.92. The van der Waals surface area contributed by atoms with E-state index in [2.05, 4.69) is 46.5 Å². The third kappa shape index (κ3) is 4.81. The van der Waals surface area contributed by atoms with E-state index in [0.29, 0.717) is 12.5 Å². The highest BCUT2D eigenvalue weighted by atomic mass is 16.1. The van der Waals surface area contributed by atoms with Gasteiger partial charge in [-0.2, -0.15) is 4.98 Å². The Balaban J connectivity index is 1.66. The minimum absolute atomic E-state index is 0.248. The van der Waals surface area contributed by atoms with E-state index in [1.54, 1.807) is 12.3 Å². The zero-order chi connectivity index (χ0) is 19.2. The number of nitrogens with one attached hydrogen (secondary N) is 2. The average Bonchev–Trinajstić information content (AvgIpc) is 2.62. The van der Waals surface area contributed by atoms with Gasteiger partial charge in [-0.3, -0.25) is 9.36 Å². The molecule has 0 bridgehead atoms. The maximum atomic E-state index is 12.1. The van der Waals surface area contributed by atoms with Crippen molar-refractivity contribution in [1.29, 1.82) is 0 Å². The summed E-state index contributed by atoms with van der Waals surface area (Å²) in [5, 5.41) is 5.72. The smallest absolute Gasteiger partial charge is 0.316 e. The number of carbonyl (C=O) groups is 1. The van der Waals surface area contributed by atoms with Gasteiger partial charge >= 0.3 is 5.69 Å². The summed E-state index contributed by atoms with van der Waals surface area (Å²) in [6.07, 6.45) is 3.09. The molecule has 7 nitrogen and oxygen atoms in total. The summed E-state index contributed by atoms with van der Waals surface area (Å²) in [5.74, 6) is 1.02. The molecule has 1 aromatic carbocycles. The van der Waals surface area contributed by atoms with Crippen LogP contribution < -0.4 is 16.3 Å². The van der Waals surface area contributed by atoms with Crippen LogP contribution in [0.2, 0.25) is 0 Å². The molecule has 7 heteroatoms. The van der Waals surface area contributed by atoms with Crippen molar-refractivity contribution >= 4 is 12.2 Å². The first-order valence-corrected chi connectivity index (χ1v) is 9.44. The Kier molecular flexibility index (Phi) is 6.36. The van der Waals surface area contributed by atoms with Crippen molar-refractivity contribution in [1.82, 2.24) is 19.8 Å². The number of rotatable bonds is 9. The third-order valence-electron chi connectivity index (χ3n) is 5.14. The second-order valence-corrected chi connectivity index (χ2v) is 7.06. The zero-order valence-corrected chi connectivity index (χ0v) is 15.9. The molecule has 1 saturated heterocycles. The van der Waals surface area contributed by atoms with Gasteiger partial charge in [0.15, 0.2) is 0 Å². The number of aromatic nitrogens is 2. The molecule has 0 aliphatic carbocycles. The molecule has 0 saturated carbocycles. The van der Waals surface area contributed by atoms with Gasteiger partial charge < -0.3 is 15.5 Å². The molecule has 3 rings (SSSR count). The van der Waals surface area contributed by atoms with Crippen LogP contribution >= 0.6 is 0 Å². The molecule has 1 atom stereocenters. The van der Waals surface area contributed by atoms with Gasteiger partial charge in [0, 0.05) is 31.9 Å². The van der Waals surface area contributed by atoms with E-state index in [4.69, 9.17) is 0 Å². The normalized spacial score (nSPS) is 15.4. The predicted octanol–water partition coefficient (Wildman–Crippen LogP) is 1.27. The van der Waals surface area contributed by atoms with Crippen molar-refractivity contribution < 1.29 is 4.79 Å². The van der Waals surface area contributed by atoms with Gasteiger partial charge in [0.05, 0.1) is 5.69 Å². The van der Waals surface area contributed by atoms with Gasteiger partial charge in [-0.15, -0.1) is 0 Å². The molecule has 27 heavy (non-hydrogen) atoms. The quantitative estimate of drug-likeness (QED) is 0.651. The molecule has 1 fully saturated rings. The number of benzene rings is 1. The minimum Gasteiger partial charge on any atom is -0.316 e. The predicted molar refractivity (Wildman–Crippen MR) is 106 cm³/mol. The van der Waals surface area contributed by atoms with Crippen LogP contribution in [0, 0.1) is 5.92 Å². The first kappa shape index (κ1) is 19.3. The summed E-state index contributed by atoms with van der Waals surface area (Å²) in [4.78, 5) is 28.9. The molecule has 2 aromatic rings. The molecule has 2 N–H and O–H groups in total. The van der Waals surface area contributed by atoms with E-state index in [9.17, 15) is 9.59 Å². The van der Waals surface area contributed by atoms with Gasteiger partial charge in [0.2, 0.25) is 6.41 Å². The van der Waals surface area contributed by atoms with Gasteiger partial charge in [0.25, 0.3) is 0 Å². The second-order valence-electron chi connectivity index (χ2n) is 7.06. The molecule has 2 heterocycles. The molecular formula is C20H27N5O2. The van der Waals surface area contributed by atoms with E-state index in [1.807, 2.05) is 12.1 Å². The Morgan fingerprint density at radius 3 is 2.63 bits per heavy atom. The van der Waals surface area contributed by atoms with E-state index in [0.717, 1.165) is 44.2 Å². The van der Waals surface area contributed by atoms with Crippen LogP contribution in [0.25, 0.3) is 5.69 Å². The summed E-state index contributed by atoms with van der Waals surface area (Å²) >= 11 is 0. The molecule has 144 valence electrons. The van der Waals surface area contributed by atoms with Gasteiger partial charge in [-0.1, -0.05) is 19.1 Å². The van der Waals surface area contributed by atoms with Crippen LogP contribution in [-0.4, -0.2) is 53.1 Å². The summed E-state index contributed by atoms with van der Waals surface area (Å²) in [6.45, 7) is 8.94. The van der Waals surface area contributed by atoms with Gasteiger partial charge in [-0.05, 0) is 49.6 Å². The van der Waals surface area contributed by atoms with E-state index in [1.165, 1.54) is 10.1 Å². The number of likely N-dealkylation sites (N-methyl/N-ethyl adjacent to an activating group) is 1. The van der Waals surface area contributed by atoms with Crippen molar-refractivity contribution in [2.75, 3.05) is 31.5 Å². The fourth-order valence-electron chi connectivity index (χ4n) is 3.43. The standard InChI is InChI=1S/C20H27N5O2/c1-3-24(13-17-11-21-12-17)15(2)10-16-4-6-18(7-5-16)25-9-8-19(22-14-26)23-20(25)27/h4-9,14-15,17,21H,3,10-13H2,1-2H3,(H,22,23,26,27). The zero-order valence-electron chi connectivity index (χ0n) is 15.9. The van der Waals surface area contributed by atoms with Crippen LogP contribution in [-0.2, 0) is 11.2 Å². The monoisotopic (exact) mass is 369 g/mol. The maximum Gasteiger partial charge on any atom is 0.354 e. The maximum absolute atomic E-state index is 12.1. The highest BCUT2D eigenvalue weighted by Gasteiger charge is 2.22. The number of anilines is 1. The molecule has 1 aliphatic rings. The fourth-order valence-corrected chi connectivity index (χ4v) is 3.43. The molecule has 0 radical (unpaired) electrons. The third-order valence-corrected chi connectivity index (χ3v) is 5.14. The minimum atomic E-state index is -0.422. The number of hydrogen-bond acceptors (Lipinski definition) is 5. The summed E-state index contributed by atoms with van der Waals surface area (Å²) in [7, 11) is 0. The summed E-state index contributed by atoms with van der Waals surface area (Å²) in [5.41, 5.74) is 1.58. The van der Waals surface area contributed by atoms with Gasteiger partial charge in [0.1, 0.15) is 5.82 Å². The lowest BCUT2D eigenvalue weighted by Gasteiger charge is -2.36. The SMILES string of the molecule is CCN(CC1CNC1)C(C)Cc1ccc(-n2ccc(NC=O)nc2=O)cc1. The highest BCUT2D eigenvalue weighted by Crippen LogP contribution is 2.15. The van der Waals surface area contributed by atoms with Crippen LogP contribution in [0.3, 0.4) is 0 Å². The molecule has 1 aliphatic heterocycles. The molecule has 1 unspecified atom stereocenters. The Hall–Kier alpha value is -2.51. The molecule has 0 spiro atoms. The topological polar surface area (TPSA) is 79.3 Å². The van der Waals surface area contributed by atoms with Crippen molar-refractivity contribution in [3.8, 4) is 5.69 Å². The average molecular weight is 369 g/mol. The Bertz CT molecular complexity index is 814. The van der Waals surface area contributed by atoms with Crippen LogP contribution in [0.15, 0.2) is 41.3 Å². The lowest BCUT2D eigenvalue weighted by atomic mass is 10.00. The van der Waals surface area contributed by atoms with Gasteiger partial charge in [-0.25, -0.2) is 4.79 Å². The summed E-state index contributed by atoms with van der Waals surface area (Å²) in [6, 6.07) is 10.1.